The summed E-state index contributed by atoms with van der Waals surface area (Å²) in [6.07, 6.45) is 3.95. The van der Waals surface area contributed by atoms with Gasteiger partial charge >= 0.3 is 0 Å². The van der Waals surface area contributed by atoms with Crippen molar-refractivity contribution in [3.8, 4) is 5.75 Å². The van der Waals surface area contributed by atoms with E-state index < -0.39 is 0 Å². The van der Waals surface area contributed by atoms with Crippen LogP contribution < -0.4 is 4.74 Å². The zero-order chi connectivity index (χ0) is 15.6. The Morgan fingerprint density at radius 2 is 2.00 bits per heavy atom. The Hall–Kier alpha value is -0.730. The molecule has 118 valence electrons. The van der Waals surface area contributed by atoms with Crippen molar-refractivity contribution in [1.82, 2.24) is 0 Å². The van der Waals surface area contributed by atoms with Crippen molar-refractivity contribution in [3.05, 3.63) is 27.8 Å². The van der Waals surface area contributed by atoms with E-state index in [1.165, 1.54) is 11.1 Å². The van der Waals surface area contributed by atoms with Crippen LogP contribution in [-0.4, -0.2) is 18.8 Å². The fourth-order valence-corrected chi connectivity index (χ4v) is 3.18. The summed E-state index contributed by atoms with van der Waals surface area (Å²) in [5.74, 6) is 1.46. The molecule has 3 unspecified atom stereocenters. The van der Waals surface area contributed by atoms with E-state index >= 15 is 0 Å². The molecule has 1 aliphatic rings. The summed E-state index contributed by atoms with van der Waals surface area (Å²) < 4.78 is 11.6. The van der Waals surface area contributed by atoms with E-state index in [1.807, 2.05) is 6.92 Å². The van der Waals surface area contributed by atoms with Crippen LogP contribution in [0.2, 0.25) is 5.02 Å². The van der Waals surface area contributed by atoms with Gasteiger partial charge in [-0.15, -0.1) is 0 Å². The largest absolute Gasteiger partial charge is 0.493 e. The molecule has 0 saturated carbocycles. The predicted molar refractivity (Wildman–Crippen MR) is 88.7 cm³/mol. The number of epoxide rings is 1. The van der Waals surface area contributed by atoms with Gasteiger partial charge in [-0.2, -0.15) is 0 Å². The normalized spacial score (nSPS) is 22.2. The van der Waals surface area contributed by atoms with Crippen LogP contribution in [0.15, 0.2) is 6.07 Å². The number of aryl methyl sites for hydroxylation is 1. The molecule has 0 radical (unpaired) electrons. The molecule has 0 N–H and O–H groups in total. The minimum Gasteiger partial charge on any atom is -0.493 e. The molecular formula is C18H27ClO2. The van der Waals surface area contributed by atoms with Crippen molar-refractivity contribution in [2.24, 2.45) is 0 Å². The van der Waals surface area contributed by atoms with E-state index in [0.29, 0.717) is 18.1 Å². The van der Waals surface area contributed by atoms with Gasteiger partial charge in [-0.1, -0.05) is 25.4 Å². The first-order chi connectivity index (χ1) is 9.99. The number of ether oxygens (including phenoxy) is 2. The minimum absolute atomic E-state index is 0.397. The first-order valence-electron chi connectivity index (χ1n) is 8.07. The summed E-state index contributed by atoms with van der Waals surface area (Å²) >= 11 is 6.48. The topological polar surface area (TPSA) is 21.8 Å². The third-order valence-electron chi connectivity index (χ3n) is 4.41. The first-order valence-corrected chi connectivity index (χ1v) is 8.45. The van der Waals surface area contributed by atoms with Crippen LogP contribution in [-0.2, 0) is 4.74 Å². The first kappa shape index (κ1) is 16.6. The number of hydrogen-bond donors (Lipinski definition) is 0. The number of benzene rings is 1. The Balaban J connectivity index is 2.34. The highest BCUT2D eigenvalue weighted by molar-refractivity contribution is 6.32. The van der Waals surface area contributed by atoms with Crippen molar-refractivity contribution in [3.63, 3.8) is 0 Å². The lowest BCUT2D eigenvalue weighted by atomic mass is 9.86. The number of halogens is 1. The van der Waals surface area contributed by atoms with E-state index in [1.54, 1.807) is 0 Å². The zero-order valence-corrected chi connectivity index (χ0v) is 14.6. The van der Waals surface area contributed by atoms with Gasteiger partial charge < -0.3 is 9.47 Å². The van der Waals surface area contributed by atoms with Crippen molar-refractivity contribution in [2.75, 3.05) is 6.61 Å². The van der Waals surface area contributed by atoms with Crippen molar-refractivity contribution >= 4 is 11.6 Å². The molecule has 0 bridgehead atoms. The molecule has 0 amide bonds. The monoisotopic (exact) mass is 310 g/mol. The van der Waals surface area contributed by atoms with Gasteiger partial charge in [0.25, 0.3) is 0 Å². The molecule has 1 fully saturated rings. The molecule has 2 rings (SSSR count). The van der Waals surface area contributed by atoms with Crippen molar-refractivity contribution in [2.45, 2.75) is 72.0 Å². The maximum atomic E-state index is 6.48. The lowest BCUT2D eigenvalue weighted by molar-refractivity contribution is 0.307. The quantitative estimate of drug-likeness (QED) is 0.627. The fourth-order valence-electron chi connectivity index (χ4n) is 3.02. The van der Waals surface area contributed by atoms with E-state index in [-0.39, 0.29) is 0 Å². The molecule has 3 heteroatoms. The fraction of sp³-hybridized carbons (Fsp3) is 0.667. The second-order valence-electron chi connectivity index (χ2n) is 6.11. The van der Waals surface area contributed by atoms with E-state index in [9.17, 15) is 0 Å². The third-order valence-corrected chi connectivity index (χ3v) is 4.99. The van der Waals surface area contributed by atoms with Gasteiger partial charge in [0.1, 0.15) is 5.75 Å². The van der Waals surface area contributed by atoms with Crippen LogP contribution in [0.25, 0.3) is 0 Å². The highest BCUT2D eigenvalue weighted by atomic mass is 35.5. The molecule has 0 aliphatic carbocycles. The Bertz CT molecular complexity index is 498. The Labute approximate surface area is 133 Å². The maximum absolute atomic E-state index is 6.48. The van der Waals surface area contributed by atoms with Gasteiger partial charge in [-0.25, -0.2) is 0 Å². The molecule has 1 heterocycles. The van der Waals surface area contributed by atoms with Gasteiger partial charge in [0.15, 0.2) is 0 Å². The second-order valence-corrected chi connectivity index (χ2v) is 6.49. The van der Waals surface area contributed by atoms with Gasteiger partial charge in [0.05, 0.1) is 18.8 Å². The highest BCUT2D eigenvalue weighted by Gasteiger charge is 2.37. The second kappa shape index (κ2) is 7.02. The van der Waals surface area contributed by atoms with Gasteiger partial charge in [-0.05, 0) is 63.1 Å². The molecule has 0 spiro atoms. The molecule has 0 aromatic heterocycles. The highest BCUT2D eigenvalue weighted by Crippen LogP contribution is 2.42. The number of hydrogen-bond acceptors (Lipinski definition) is 2. The molecule has 2 nitrogen and oxygen atoms in total. The average Bonchev–Trinajstić information content (AvgIpc) is 3.16. The molecule has 1 aliphatic heterocycles. The van der Waals surface area contributed by atoms with Gasteiger partial charge in [-0.3, -0.25) is 0 Å². The minimum atomic E-state index is 0.397. The lowest BCUT2D eigenvalue weighted by Crippen LogP contribution is -2.09. The Morgan fingerprint density at radius 1 is 1.33 bits per heavy atom. The Morgan fingerprint density at radius 3 is 2.52 bits per heavy atom. The average molecular weight is 311 g/mol. The van der Waals surface area contributed by atoms with Gasteiger partial charge in [0.2, 0.25) is 0 Å². The van der Waals surface area contributed by atoms with Crippen molar-refractivity contribution < 1.29 is 9.47 Å². The summed E-state index contributed by atoms with van der Waals surface area (Å²) in [5, 5.41) is 0.872. The molecule has 3 atom stereocenters. The van der Waals surface area contributed by atoms with E-state index in [2.05, 4.69) is 33.8 Å². The van der Waals surface area contributed by atoms with Crippen LogP contribution in [0.3, 0.4) is 0 Å². The molecule has 1 aromatic carbocycles. The number of rotatable bonds is 7. The predicted octanol–water partition coefficient (Wildman–Crippen LogP) is 5.42. The summed E-state index contributed by atoms with van der Waals surface area (Å²) in [6, 6.07) is 2.10. The summed E-state index contributed by atoms with van der Waals surface area (Å²) in [4.78, 5) is 0. The SMILES string of the molecule is CCCOc1cc(C)c(Cl)c(C)c1C(CC)CC1OC1C. The lowest BCUT2D eigenvalue weighted by Gasteiger charge is -2.23. The molecule has 1 saturated heterocycles. The van der Waals surface area contributed by atoms with Crippen LogP contribution in [0, 0.1) is 13.8 Å². The molecule has 1 aromatic rings. The Kier molecular flexibility index (Phi) is 5.56. The van der Waals surface area contributed by atoms with E-state index in [0.717, 1.165) is 42.2 Å². The van der Waals surface area contributed by atoms with E-state index in [4.69, 9.17) is 21.1 Å². The smallest absolute Gasteiger partial charge is 0.123 e. The zero-order valence-electron chi connectivity index (χ0n) is 13.8. The third kappa shape index (κ3) is 3.73. The van der Waals surface area contributed by atoms with Crippen LogP contribution >= 0.6 is 11.6 Å². The molecular weight excluding hydrogens is 284 g/mol. The van der Waals surface area contributed by atoms with Crippen LogP contribution in [0.4, 0.5) is 0 Å². The maximum Gasteiger partial charge on any atom is 0.123 e. The summed E-state index contributed by atoms with van der Waals surface area (Å²) in [7, 11) is 0. The standard InChI is InChI=1S/C18H27ClO2/c1-6-8-20-16-9-11(3)18(19)12(4)17(16)14(7-2)10-15-13(5)21-15/h9,13-15H,6-8,10H2,1-5H3. The summed E-state index contributed by atoms with van der Waals surface area (Å²) in [5.41, 5.74) is 3.54. The van der Waals surface area contributed by atoms with Crippen molar-refractivity contribution in [1.29, 1.82) is 0 Å². The van der Waals surface area contributed by atoms with Gasteiger partial charge in [0, 0.05) is 10.6 Å². The van der Waals surface area contributed by atoms with Crippen LogP contribution in [0.1, 0.15) is 62.6 Å². The molecule has 21 heavy (non-hydrogen) atoms. The summed E-state index contributed by atoms with van der Waals surface area (Å²) in [6.45, 7) is 11.4. The van der Waals surface area contributed by atoms with Crippen LogP contribution in [0.5, 0.6) is 5.75 Å².